The van der Waals surface area contributed by atoms with Crippen molar-refractivity contribution >= 4 is 6.06 Å². The van der Waals surface area contributed by atoms with Crippen molar-refractivity contribution < 1.29 is 26.7 Å². The van der Waals surface area contributed by atoms with Crippen molar-refractivity contribution in [2.45, 2.75) is 142 Å². The SMILES string of the molecule is [CH2]=[U]=[C](C)CCCCCCCCCC(CCCCCCCCCC(=C)C)NC(=C)CN(C)CC. The van der Waals surface area contributed by atoms with Crippen LogP contribution in [0.1, 0.15) is 136 Å². The van der Waals surface area contributed by atoms with Crippen molar-refractivity contribution in [2.75, 3.05) is 20.1 Å². The molecule has 0 saturated heterocycles. The van der Waals surface area contributed by atoms with E-state index in [0.717, 1.165) is 13.1 Å². The van der Waals surface area contributed by atoms with Gasteiger partial charge >= 0.3 is 115 Å². The van der Waals surface area contributed by atoms with Gasteiger partial charge in [-0.2, -0.15) is 0 Å². The normalized spacial score (nSPS) is 11.9. The standard InChI is InChI=1S/C30H58N2.CH2.U/c1-7-9-10-11-12-13-16-19-22-25-30(31-29(5)27-32(6)8-2)26-23-20-17-14-15-18-21-24-28(3)4;;/h30-31H,3,5,8-27H2,1-2,4,6H3;1H2;. The second kappa shape index (κ2) is 24.7. The number of nitrogens with zero attached hydrogens (tertiary/aromatic N) is 1. The molecular weight excluding hydrogens is 638 g/mol. The molecule has 0 aliphatic carbocycles. The molecule has 198 valence electrons. The summed E-state index contributed by atoms with van der Waals surface area (Å²) in [5, 5.41) is 3.80. The maximum absolute atomic E-state index is 4.32. The molecule has 0 bridgehead atoms. The van der Waals surface area contributed by atoms with Gasteiger partial charge in [0.2, 0.25) is 0 Å². The Bertz CT molecular complexity index is 562. The average Bonchev–Trinajstić information content (AvgIpc) is 2.80. The molecule has 1 unspecified atom stereocenters. The summed E-state index contributed by atoms with van der Waals surface area (Å²) in [6.07, 6.45) is 24.7. The number of unbranched alkanes of at least 4 members (excludes halogenated alkanes) is 12. The van der Waals surface area contributed by atoms with Crippen molar-refractivity contribution in [3.63, 3.8) is 0 Å². The van der Waals surface area contributed by atoms with Crippen molar-refractivity contribution in [1.29, 1.82) is 0 Å². The minimum absolute atomic E-state index is 0.612. The van der Waals surface area contributed by atoms with Gasteiger partial charge in [-0.25, -0.2) is 0 Å². The first-order valence-corrected chi connectivity index (χ1v) is 19.5. The Morgan fingerprint density at radius 3 is 1.62 bits per heavy atom. The third-order valence-corrected chi connectivity index (χ3v) is 10.5. The first-order valence-electron chi connectivity index (χ1n) is 14.5. The zero-order valence-corrected chi connectivity index (χ0v) is 28.0. The van der Waals surface area contributed by atoms with E-state index in [2.05, 4.69) is 54.7 Å². The zero-order chi connectivity index (χ0) is 25.4. The summed E-state index contributed by atoms with van der Waals surface area (Å²) in [6, 6.07) is 0.612. The second-order valence-corrected chi connectivity index (χ2v) is 15.7. The van der Waals surface area contributed by atoms with Gasteiger partial charge in [-0.1, -0.05) is 57.6 Å². The van der Waals surface area contributed by atoms with Crippen molar-refractivity contribution in [3.05, 3.63) is 24.4 Å². The molecule has 0 saturated carbocycles. The molecule has 0 aromatic carbocycles. The van der Waals surface area contributed by atoms with Gasteiger partial charge in [-0.15, -0.1) is 6.58 Å². The molecule has 1 N–H and O–H groups in total. The molecule has 0 radical (unpaired) electrons. The number of likely N-dealkylation sites (N-methyl/N-ethyl adjacent to an activating group) is 1. The molecule has 0 aliphatic rings. The van der Waals surface area contributed by atoms with E-state index in [9.17, 15) is 0 Å². The van der Waals surface area contributed by atoms with Crippen LogP contribution in [0, 0.1) is 26.7 Å². The topological polar surface area (TPSA) is 15.3 Å². The van der Waals surface area contributed by atoms with Crippen LogP contribution in [0.3, 0.4) is 0 Å². The number of hydrogen-bond acceptors (Lipinski definition) is 2. The van der Waals surface area contributed by atoms with E-state index in [1.165, 1.54) is 127 Å². The van der Waals surface area contributed by atoms with E-state index >= 15 is 0 Å². The molecule has 0 aliphatic heterocycles. The van der Waals surface area contributed by atoms with Crippen LogP contribution in [0.5, 0.6) is 0 Å². The summed E-state index contributed by atoms with van der Waals surface area (Å²) in [5.74, 6) is 0. The quantitative estimate of drug-likeness (QED) is 0.0759. The van der Waals surface area contributed by atoms with Gasteiger partial charge in [0.25, 0.3) is 0 Å². The summed E-state index contributed by atoms with van der Waals surface area (Å²) in [6.45, 7) is 17.1. The van der Waals surface area contributed by atoms with Crippen molar-refractivity contribution in [1.82, 2.24) is 10.2 Å². The van der Waals surface area contributed by atoms with E-state index in [4.69, 9.17) is 0 Å². The summed E-state index contributed by atoms with van der Waals surface area (Å²) in [5.41, 5.74) is 2.53. The van der Waals surface area contributed by atoms with Gasteiger partial charge in [0.05, 0.1) is 0 Å². The molecular formula is C31H60N2U. The minimum atomic E-state index is -0.667. The Kier molecular flexibility index (Phi) is 24.7. The Morgan fingerprint density at radius 1 is 0.735 bits per heavy atom. The van der Waals surface area contributed by atoms with Gasteiger partial charge in [-0.3, -0.25) is 0 Å². The molecule has 0 fully saturated rings. The van der Waals surface area contributed by atoms with Crippen LogP contribution in [0.4, 0.5) is 0 Å². The van der Waals surface area contributed by atoms with Crippen LogP contribution in [0.2, 0.25) is 0 Å². The maximum atomic E-state index is 4.32. The molecule has 0 spiro atoms. The van der Waals surface area contributed by atoms with Crippen LogP contribution in [-0.4, -0.2) is 37.1 Å². The van der Waals surface area contributed by atoms with Gasteiger partial charge in [0, 0.05) is 12.2 Å². The second-order valence-electron chi connectivity index (χ2n) is 10.7. The monoisotopic (exact) mass is 699 g/mol. The fraction of sp³-hybridized carbons (Fsp3) is 0.806. The van der Waals surface area contributed by atoms with Crippen LogP contribution < -0.4 is 5.32 Å². The van der Waals surface area contributed by atoms with Crippen molar-refractivity contribution in [2.24, 2.45) is 0 Å². The van der Waals surface area contributed by atoms with Gasteiger partial charge in [0.15, 0.2) is 0 Å². The Morgan fingerprint density at radius 2 is 1.18 bits per heavy atom. The van der Waals surface area contributed by atoms with E-state index in [-0.39, 0.29) is 0 Å². The fourth-order valence-corrected chi connectivity index (χ4v) is 5.99. The molecule has 0 amide bonds. The minimum Gasteiger partial charge on any atom is -0.301 e. The van der Waals surface area contributed by atoms with Gasteiger partial charge < -0.3 is 4.90 Å². The van der Waals surface area contributed by atoms with Crippen LogP contribution in [0.25, 0.3) is 0 Å². The van der Waals surface area contributed by atoms with E-state index in [0.29, 0.717) is 6.04 Å². The number of hydrogen-bond donors (Lipinski definition) is 1. The molecule has 0 rings (SSSR count). The summed E-state index contributed by atoms with van der Waals surface area (Å²) in [4.78, 5) is 2.33. The molecule has 0 aromatic rings. The molecule has 0 aromatic heterocycles. The summed E-state index contributed by atoms with van der Waals surface area (Å²) < 4.78 is 5.96. The van der Waals surface area contributed by atoms with Crippen LogP contribution >= 0.6 is 0 Å². The average molecular weight is 699 g/mol. The predicted octanol–water partition coefficient (Wildman–Crippen LogP) is 8.72. The summed E-state index contributed by atoms with van der Waals surface area (Å²) >= 11 is -0.667. The first kappa shape index (κ1) is 34.0. The van der Waals surface area contributed by atoms with Crippen molar-refractivity contribution in [3.8, 4) is 0 Å². The number of rotatable bonds is 25. The van der Waals surface area contributed by atoms with Crippen LogP contribution in [0.15, 0.2) is 24.4 Å². The fourth-order valence-electron chi connectivity index (χ4n) is 4.52. The Hall–Kier alpha value is 0.0319. The summed E-state index contributed by atoms with van der Waals surface area (Å²) in [7, 11) is 2.18. The van der Waals surface area contributed by atoms with E-state index < -0.39 is 26.7 Å². The Balaban J connectivity index is 4.04. The molecule has 0 heterocycles. The number of allylic oxidation sites excluding steroid dienone is 1. The van der Waals surface area contributed by atoms with E-state index in [1.54, 1.807) is 2.52 Å². The molecule has 2 nitrogen and oxygen atoms in total. The third-order valence-electron chi connectivity index (χ3n) is 6.97. The molecule has 3 heteroatoms. The Labute approximate surface area is 228 Å². The predicted molar refractivity (Wildman–Crippen MR) is 155 cm³/mol. The molecule has 34 heavy (non-hydrogen) atoms. The molecule has 1 atom stereocenters. The number of nitrogens with one attached hydrogen (secondary N) is 1. The smallest absolute Gasteiger partial charge is 0.301 e. The van der Waals surface area contributed by atoms with E-state index in [1.807, 2.05) is 0 Å². The van der Waals surface area contributed by atoms with Gasteiger partial charge in [-0.05, 0) is 33.4 Å². The zero-order valence-electron chi connectivity index (χ0n) is 23.8. The third kappa shape index (κ3) is 23.8. The van der Waals surface area contributed by atoms with Crippen LogP contribution in [-0.2, 0) is 0 Å². The first-order chi connectivity index (χ1) is 16.4. The van der Waals surface area contributed by atoms with Gasteiger partial charge in [0.1, 0.15) is 0 Å².